The molecular weight excluding hydrogens is 270 g/mol. The molecule has 0 unspecified atom stereocenters. The van der Waals surface area contributed by atoms with Gasteiger partial charge in [0.2, 0.25) is 0 Å². The fourth-order valence-electron chi connectivity index (χ4n) is 1.92. The summed E-state index contributed by atoms with van der Waals surface area (Å²) < 4.78 is 0. The molecule has 0 atom stereocenters. The van der Waals surface area contributed by atoms with E-state index < -0.39 is 12.0 Å². The number of nitrogens with zero attached hydrogens (tertiary/aromatic N) is 2. The summed E-state index contributed by atoms with van der Waals surface area (Å²) in [6, 6.07) is 7.96. The molecule has 2 aromatic rings. The summed E-state index contributed by atoms with van der Waals surface area (Å²) in [6.07, 6.45) is 3.16. The fraction of sp³-hybridized carbons (Fsp3) is 0.133. The Hall–Kier alpha value is -2.89. The molecule has 108 valence electrons. The van der Waals surface area contributed by atoms with E-state index in [-0.39, 0.29) is 11.3 Å². The number of rotatable bonds is 3. The molecule has 2 rings (SSSR count). The molecule has 0 aliphatic heterocycles. The number of hydrogen-bond acceptors (Lipinski definition) is 3. The first-order valence-electron chi connectivity index (χ1n) is 6.28. The molecule has 0 saturated heterocycles. The second-order valence-electron chi connectivity index (χ2n) is 4.50. The first-order chi connectivity index (χ1) is 10.0. The van der Waals surface area contributed by atoms with Gasteiger partial charge in [0.1, 0.15) is 0 Å². The van der Waals surface area contributed by atoms with Crippen LogP contribution in [0, 0.1) is 6.92 Å². The number of aromatic nitrogens is 1. The molecule has 1 aromatic heterocycles. The number of aromatic carboxylic acids is 1. The lowest BCUT2D eigenvalue weighted by molar-refractivity contribution is 0.0697. The number of nitrogens with one attached hydrogen (secondary N) is 1. The Bertz CT molecular complexity index is 671. The molecule has 0 bridgehead atoms. The molecule has 0 fully saturated rings. The smallest absolute Gasteiger partial charge is 0.338 e. The number of carbonyl (C=O) groups excluding carboxylic acids is 1. The lowest BCUT2D eigenvalue weighted by atomic mass is 10.1. The van der Waals surface area contributed by atoms with Gasteiger partial charge in [0.25, 0.3) is 0 Å². The number of aryl methyl sites for hydroxylation is 1. The van der Waals surface area contributed by atoms with Gasteiger partial charge in [-0.2, -0.15) is 0 Å². The van der Waals surface area contributed by atoms with Crippen LogP contribution in [0.5, 0.6) is 0 Å². The lowest BCUT2D eigenvalue weighted by Crippen LogP contribution is -2.31. The minimum absolute atomic E-state index is 0.0884. The number of hydrogen-bond donors (Lipinski definition) is 2. The number of urea groups is 1. The van der Waals surface area contributed by atoms with Gasteiger partial charge in [-0.3, -0.25) is 9.88 Å². The van der Waals surface area contributed by atoms with Crippen molar-refractivity contribution in [3.8, 4) is 0 Å². The molecule has 6 heteroatoms. The molecule has 0 spiro atoms. The van der Waals surface area contributed by atoms with Crippen LogP contribution in [0.2, 0.25) is 0 Å². The quantitative estimate of drug-likeness (QED) is 0.908. The first-order valence-corrected chi connectivity index (χ1v) is 6.28. The minimum atomic E-state index is -1.08. The Morgan fingerprint density at radius 3 is 2.62 bits per heavy atom. The van der Waals surface area contributed by atoms with Gasteiger partial charge in [-0.1, -0.05) is 12.1 Å². The van der Waals surface area contributed by atoms with E-state index in [2.05, 4.69) is 10.3 Å². The third-order valence-electron chi connectivity index (χ3n) is 3.07. The first kappa shape index (κ1) is 14.5. The Morgan fingerprint density at radius 2 is 2.00 bits per heavy atom. The zero-order valence-corrected chi connectivity index (χ0v) is 11.7. The van der Waals surface area contributed by atoms with Crippen LogP contribution in [0.4, 0.5) is 16.2 Å². The third-order valence-corrected chi connectivity index (χ3v) is 3.07. The van der Waals surface area contributed by atoms with Crippen molar-refractivity contribution in [1.29, 1.82) is 0 Å². The highest BCUT2D eigenvalue weighted by Gasteiger charge is 2.17. The highest BCUT2D eigenvalue weighted by molar-refractivity contribution is 6.06. The lowest BCUT2D eigenvalue weighted by Gasteiger charge is -2.18. The van der Waals surface area contributed by atoms with Crippen molar-refractivity contribution in [2.75, 3.05) is 17.3 Å². The van der Waals surface area contributed by atoms with Crippen LogP contribution in [0.15, 0.2) is 42.7 Å². The van der Waals surface area contributed by atoms with Gasteiger partial charge in [-0.25, -0.2) is 9.59 Å². The van der Waals surface area contributed by atoms with E-state index in [0.717, 1.165) is 0 Å². The summed E-state index contributed by atoms with van der Waals surface area (Å²) in [5, 5.41) is 11.8. The number of carbonyl (C=O) groups is 2. The average molecular weight is 285 g/mol. The molecule has 0 aliphatic rings. The van der Waals surface area contributed by atoms with Crippen molar-refractivity contribution in [1.82, 2.24) is 4.98 Å². The van der Waals surface area contributed by atoms with E-state index in [0.29, 0.717) is 11.3 Å². The molecular formula is C15H15N3O3. The Morgan fingerprint density at radius 1 is 1.24 bits per heavy atom. The van der Waals surface area contributed by atoms with Crippen molar-refractivity contribution >= 4 is 23.4 Å². The SMILES string of the molecule is Cc1cccc(NC(=O)N(C)c2cccnc2)c1C(=O)O. The maximum Gasteiger partial charge on any atom is 0.338 e. The van der Waals surface area contributed by atoms with E-state index in [1.807, 2.05) is 0 Å². The normalized spacial score (nSPS) is 10.0. The van der Waals surface area contributed by atoms with E-state index in [9.17, 15) is 14.7 Å². The van der Waals surface area contributed by atoms with Gasteiger partial charge in [0, 0.05) is 13.2 Å². The highest BCUT2D eigenvalue weighted by Crippen LogP contribution is 2.20. The van der Waals surface area contributed by atoms with Gasteiger partial charge >= 0.3 is 12.0 Å². The summed E-state index contributed by atoms with van der Waals surface area (Å²) in [6.45, 7) is 1.68. The fourth-order valence-corrected chi connectivity index (χ4v) is 1.92. The maximum atomic E-state index is 12.2. The zero-order valence-electron chi connectivity index (χ0n) is 11.7. The number of benzene rings is 1. The second-order valence-corrected chi connectivity index (χ2v) is 4.50. The molecule has 0 saturated carbocycles. The number of amides is 2. The van der Waals surface area contributed by atoms with Crippen LogP contribution in [0.3, 0.4) is 0 Å². The van der Waals surface area contributed by atoms with Crippen LogP contribution in [0.1, 0.15) is 15.9 Å². The Kier molecular flexibility index (Phi) is 4.18. The predicted molar refractivity (Wildman–Crippen MR) is 79.8 cm³/mol. The maximum absolute atomic E-state index is 12.2. The zero-order chi connectivity index (χ0) is 15.4. The summed E-state index contributed by atoms with van der Waals surface area (Å²) in [5.74, 6) is -1.08. The van der Waals surface area contributed by atoms with E-state index in [1.165, 1.54) is 4.90 Å². The van der Waals surface area contributed by atoms with Crippen molar-refractivity contribution in [3.05, 3.63) is 53.9 Å². The van der Waals surface area contributed by atoms with Gasteiger partial charge in [0.15, 0.2) is 0 Å². The highest BCUT2D eigenvalue weighted by atomic mass is 16.4. The van der Waals surface area contributed by atoms with Gasteiger partial charge in [-0.15, -0.1) is 0 Å². The third kappa shape index (κ3) is 3.17. The van der Waals surface area contributed by atoms with Crippen molar-refractivity contribution in [2.45, 2.75) is 6.92 Å². The monoisotopic (exact) mass is 285 g/mol. The average Bonchev–Trinajstić information content (AvgIpc) is 2.47. The van der Waals surface area contributed by atoms with Crippen molar-refractivity contribution < 1.29 is 14.7 Å². The summed E-state index contributed by atoms with van der Waals surface area (Å²) in [4.78, 5) is 28.8. The molecule has 1 aromatic carbocycles. The second kappa shape index (κ2) is 6.04. The predicted octanol–water partition coefficient (Wildman–Crippen LogP) is 2.76. The standard InChI is InChI=1S/C15H15N3O3/c1-10-5-3-7-12(13(10)14(19)20)17-15(21)18(2)11-6-4-8-16-9-11/h3-9H,1-2H3,(H,17,21)(H,19,20). The molecule has 2 amide bonds. The topological polar surface area (TPSA) is 82.5 Å². The largest absolute Gasteiger partial charge is 0.478 e. The molecule has 2 N–H and O–H groups in total. The minimum Gasteiger partial charge on any atom is -0.478 e. The summed E-state index contributed by atoms with van der Waals surface area (Å²) in [7, 11) is 1.59. The summed E-state index contributed by atoms with van der Waals surface area (Å²) >= 11 is 0. The molecule has 0 radical (unpaired) electrons. The van der Waals surface area contributed by atoms with E-state index in [1.54, 1.807) is 56.7 Å². The molecule has 21 heavy (non-hydrogen) atoms. The molecule has 1 heterocycles. The van der Waals surface area contributed by atoms with E-state index >= 15 is 0 Å². The van der Waals surface area contributed by atoms with Crippen LogP contribution >= 0.6 is 0 Å². The van der Waals surface area contributed by atoms with E-state index in [4.69, 9.17) is 0 Å². The number of carboxylic acids is 1. The summed E-state index contributed by atoms with van der Waals surface area (Å²) in [5.41, 5.74) is 1.55. The van der Waals surface area contributed by atoms with Crippen LogP contribution in [-0.2, 0) is 0 Å². The van der Waals surface area contributed by atoms with Crippen molar-refractivity contribution in [2.24, 2.45) is 0 Å². The van der Waals surface area contributed by atoms with Crippen LogP contribution in [0.25, 0.3) is 0 Å². The molecule has 6 nitrogen and oxygen atoms in total. The van der Waals surface area contributed by atoms with Gasteiger partial charge < -0.3 is 10.4 Å². The number of anilines is 2. The molecule has 0 aliphatic carbocycles. The van der Waals surface area contributed by atoms with Gasteiger partial charge in [-0.05, 0) is 30.7 Å². The number of carboxylic acid groups (broad SMARTS) is 1. The van der Waals surface area contributed by atoms with Crippen LogP contribution < -0.4 is 10.2 Å². The Labute approximate surface area is 122 Å². The van der Waals surface area contributed by atoms with Crippen LogP contribution in [-0.4, -0.2) is 29.1 Å². The van der Waals surface area contributed by atoms with Crippen molar-refractivity contribution in [3.63, 3.8) is 0 Å². The Balaban J connectivity index is 2.25. The number of pyridine rings is 1. The van der Waals surface area contributed by atoms with Gasteiger partial charge in [0.05, 0.1) is 23.1 Å².